The molecule has 1 amide bonds. The molecule has 7 nitrogen and oxygen atoms in total. The highest BCUT2D eigenvalue weighted by Gasteiger charge is 2.74. The zero-order valence-electron chi connectivity index (χ0n) is 34.0. The van der Waals surface area contributed by atoms with Gasteiger partial charge in [0.05, 0.1) is 18.2 Å². The highest BCUT2D eigenvalue weighted by molar-refractivity contribution is 6.31. The fourth-order valence-corrected chi connectivity index (χ4v) is 12.8. The van der Waals surface area contributed by atoms with Crippen molar-refractivity contribution in [3.05, 3.63) is 131 Å². The molecule has 4 aromatic rings. The van der Waals surface area contributed by atoms with Crippen LogP contribution in [-0.4, -0.2) is 51.6 Å². The Morgan fingerprint density at radius 2 is 1.54 bits per heavy atom. The van der Waals surface area contributed by atoms with Crippen LogP contribution in [0.4, 0.5) is 22.4 Å². The van der Waals surface area contributed by atoms with Crippen molar-refractivity contribution in [3.8, 4) is 11.5 Å². The predicted octanol–water partition coefficient (Wildman–Crippen LogP) is 10.9. The van der Waals surface area contributed by atoms with Crippen LogP contribution in [0.3, 0.4) is 0 Å². The lowest BCUT2D eigenvalue weighted by Crippen LogP contribution is -2.67. The summed E-state index contributed by atoms with van der Waals surface area (Å²) in [5.74, 6) is -1.23. The van der Waals surface area contributed by atoms with E-state index in [4.69, 9.17) is 16.3 Å². The largest absolute Gasteiger partial charge is 0.573 e. The quantitative estimate of drug-likeness (QED) is 0.129. The van der Waals surface area contributed by atoms with Crippen LogP contribution >= 0.6 is 11.6 Å². The van der Waals surface area contributed by atoms with E-state index in [1.54, 1.807) is 18.2 Å². The standard InChI is InChI=1S/C49H48ClF4NO6/c1-44-19-16-33(56)26-46(44)22-23-48(37(27-46)40(57)25-36-38(50)8-5-9-39(36)51)41(44)17-20-45(2)42(48)18-21-47(45,59)29-55(28-30-10-13-34(14-11-30)61-49(52,53)54)43(58)60-35-15-12-31-6-3-4-7-32(31)24-35/h3-15,22-24,27,33,41-42,56,59H,16-21,25-26,28-29H2,1-2H3/t33?,41-,42-,44-,45+,46+,47-,48-/m1/s1. The SMILES string of the molecule is C[C@]12CC[C@H]3[C@]4(C=C[C@@]5(C=C4C(=O)Cc4c(F)cccc4Cl)CC(O)CC[C@]35C)[C@@H]1CC[C@@]2(O)CN(Cc1ccc(OC(F)(F)F)cc1)C(=O)Oc1ccc2ccccc2c1. The normalized spacial score (nSPS) is 32.4. The molecule has 4 aromatic carbocycles. The summed E-state index contributed by atoms with van der Waals surface area (Å²) in [5.41, 5.74) is -2.90. The van der Waals surface area contributed by atoms with Gasteiger partial charge in [0.15, 0.2) is 5.78 Å². The summed E-state index contributed by atoms with van der Waals surface area (Å²) in [7, 11) is 0. The molecular weight excluding hydrogens is 810 g/mol. The highest BCUT2D eigenvalue weighted by Crippen LogP contribution is 2.78. The van der Waals surface area contributed by atoms with Gasteiger partial charge in [0.25, 0.3) is 0 Å². The molecule has 320 valence electrons. The number of Topliss-reactive ketones (excluding diaryl/α,β-unsaturated/α-hetero) is 1. The maximum atomic E-state index is 15.3. The van der Waals surface area contributed by atoms with Gasteiger partial charge in [-0.1, -0.05) is 92.2 Å². The lowest BCUT2D eigenvalue weighted by molar-refractivity contribution is -0.274. The van der Waals surface area contributed by atoms with Crippen molar-refractivity contribution in [3.63, 3.8) is 0 Å². The first-order chi connectivity index (χ1) is 28.9. The van der Waals surface area contributed by atoms with E-state index in [1.807, 2.05) is 37.3 Å². The van der Waals surface area contributed by atoms with Crippen LogP contribution in [0.2, 0.25) is 5.02 Å². The fourth-order valence-electron chi connectivity index (χ4n) is 12.5. The van der Waals surface area contributed by atoms with E-state index in [0.29, 0.717) is 43.2 Å². The smallest absolute Gasteiger partial charge is 0.410 e. The Bertz CT molecular complexity index is 2450. The van der Waals surface area contributed by atoms with Gasteiger partial charge in [0, 0.05) is 45.4 Å². The number of rotatable bonds is 9. The Kier molecular flexibility index (Phi) is 10.0. The molecule has 1 unspecified atom stereocenters. The lowest BCUT2D eigenvalue weighted by atomic mass is 9.32. The molecule has 0 aromatic heterocycles. The second kappa shape index (κ2) is 14.7. The average molecular weight is 858 g/mol. The Morgan fingerprint density at radius 3 is 2.28 bits per heavy atom. The van der Waals surface area contributed by atoms with E-state index in [1.165, 1.54) is 41.3 Å². The topological polar surface area (TPSA) is 96.3 Å². The molecule has 8 atom stereocenters. The van der Waals surface area contributed by atoms with Crippen molar-refractivity contribution >= 4 is 34.2 Å². The van der Waals surface area contributed by atoms with Crippen molar-refractivity contribution in [2.24, 2.45) is 33.5 Å². The number of hydrogen-bond acceptors (Lipinski definition) is 6. The zero-order valence-corrected chi connectivity index (χ0v) is 34.7. The minimum Gasteiger partial charge on any atom is -0.410 e. The molecule has 0 heterocycles. The molecule has 0 radical (unpaired) electrons. The summed E-state index contributed by atoms with van der Waals surface area (Å²) in [4.78, 5) is 30.6. The summed E-state index contributed by atoms with van der Waals surface area (Å²) in [6, 6.07) is 22.5. The van der Waals surface area contributed by atoms with E-state index in [9.17, 15) is 33.0 Å². The van der Waals surface area contributed by atoms with Gasteiger partial charge in [-0.2, -0.15) is 0 Å². The van der Waals surface area contributed by atoms with E-state index in [2.05, 4.69) is 29.9 Å². The maximum Gasteiger partial charge on any atom is 0.573 e. The van der Waals surface area contributed by atoms with Gasteiger partial charge in [0.1, 0.15) is 17.3 Å². The maximum absolute atomic E-state index is 15.3. The molecular formula is C49H48ClF4NO6. The zero-order chi connectivity index (χ0) is 43.2. The molecule has 3 saturated carbocycles. The van der Waals surface area contributed by atoms with Crippen LogP contribution in [0.15, 0.2) is 109 Å². The molecule has 6 aliphatic carbocycles. The molecule has 2 bridgehead atoms. The van der Waals surface area contributed by atoms with Crippen LogP contribution in [0.5, 0.6) is 11.5 Å². The number of ketones is 1. The minimum atomic E-state index is -4.87. The van der Waals surface area contributed by atoms with Crippen molar-refractivity contribution in [2.45, 2.75) is 89.8 Å². The third-order valence-corrected chi connectivity index (χ3v) is 15.9. The van der Waals surface area contributed by atoms with Crippen molar-refractivity contribution < 1.29 is 46.8 Å². The van der Waals surface area contributed by atoms with Gasteiger partial charge in [-0.25, -0.2) is 9.18 Å². The average Bonchev–Trinajstić information content (AvgIpc) is 3.48. The third-order valence-electron chi connectivity index (χ3n) is 15.6. The Labute approximate surface area is 357 Å². The number of aliphatic hydroxyl groups excluding tert-OH is 1. The van der Waals surface area contributed by atoms with Gasteiger partial charge < -0.3 is 24.6 Å². The number of fused-ring (bicyclic) bond motifs is 2. The Morgan fingerprint density at radius 1 is 0.852 bits per heavy atom. The van der Waals surface area contributed by atoms with Crippen LogP contribution < -0.4 is 9.47 Å². The van der Waals surface area contributed by atoms with Crippen LogP contribution in [0, 0.1) is 39.3 Å². The number of amides is 1. The molecule has 0 aliphatic heterocycles. The number of benzene rings is 4. The number of halogens is 5. The number of alkyl halides is 3. The molecule has 0 saturated heterocycles. The monoisotopic (exact) mass is 857 g/mol. The predicted molar refractivity (Wildman–Crippen MR) is 222 cm³/mol. The summed E-state index contributed by atoms with van der Waals surface area (Å²) < 4.78 is 64.3. The van der Waals surface area contributed by atoms with Crippen molar-refractivity contribution in [1.29, 1.82) is 0 Å². The first-order valence-corrected chi connectivity index (χ1v) is 21.4. The first kappa shape index (κ1) is 41.6. The third kappa shape index (κ3) is 6.77. The number of allylic oxidation sites excluding steroid dienone is 4. The van der Waals surface area contributed by atoms with Gasteiger partial charge in [0.2, 0.25) is 0 Å². The lowest BCUT2D eigenvalue weighted by Gasteiger charge is -2.71. The molecule has 2 N–H and O–H groups in total. The number of aliphatic hydroxyl groups is 2. The van der Waals surface area contributed by atoms with E-state index < -0.39 is 52.0 Å². The molecule has 10 rings (SSSR count). The van der Waals surface area contributed by atoms with E-state index >= 15 is 4.39 Å². The summed E-state index contributed by atoms with van der Waals surface area (Å²) in [6.45, 7) is 4.06. The number of nitrogens with zero attached hydrogens (tertiary/aromatic N) is 1. The molecule has 6 aliphatic rings. The summed E-state index contributed by atoms with van der Waals surface area (Å²) >= 11 is 6.48. The van der Waals surface area contributed by atoms with Crippen LogP contribution in [-0.2, 0) is 17.8 Å². The number of hydrogen-bond donors (Lipinski definition) is 2. The van der Waals surface area contributed by atoms with Gasteiger partial charge >= 0.3 is 12.5 Å². The number of carbonyl (C=O) groups is 2. The molecule has 12 heteroatoms. The van der Waals surface area contributed by atoms with Gasteiger partial charge in [-0.3, -0.25) is 4.79 Å². The number of carbonyl (C=O) groups excluding carboxylic acids is 2. The fraction of sp³-hybridized carbons (Fsp3) is 0.429. The van der Waals surface area contributed by atoms with Gasteiger partial charge in [-0.15, -0.1) is 13.2 Å². The Hall–Kier alpha value is -4.71. The van der Waals surface area contributed by atoms with Crippen molar-refractivity contribution in [2.75, 3.05) is 6.54 Å². The summed E-state index contributed by atoms with van der Waals surface area (Å²) in [5, 5.41) is 26.2. The highest BCUT2D eigenvalue weighted by atomic mass is 35.5. The summed E-state index contributed by atoms with van der Waals surface area (Å²) in [6.07, 6.45) is 3.88. The molecule has 61 heavy (non-hydrogen) atoms. The van der Waals surface area contributed by atoms with Gasteiger partial charge in [-0.05, 0) is 115 Å². The van der Waals surface area contributed by atoms with Crippen molar-refractivity contribution in [1.82, 2.24) is 4.90 Å². The van der Waals surface area contributed by atoms with Crippen LogP contribution in [0.1, 0.15) is 69.9 Å². The Balaban J connectivity index is 1.08. The second-order valence-electron chi connectivity index (χ2n) is 18.5. The minimum absolute atomic E-state index is 0.0237. The van der Waals surface area contributed by atoms with E-state index in [-0.39, 0.29) is 65.3 Å². The van der Waals surface area contributed by atoms with Crippen LogP contribution in [0.25, 0.3) is 10.8 Å². The molecule has 2 spiro atoms. The molecule has 3 fully saturated rings. The number of ether oxygens (including phenoxy) is 2. The first-order valence-electron chi connectivity index (χ1n) is 21.0. The second-order valence-corrected chi connectivity index (χ2v) is 18.9. The van der Waals surface area contributed by atoms with E-state index in [0.717, 1.165) is 17.2 Å².